The number of rotatable bonds is 7. The van der Waals surface area contributed by atoms with Gasteiger partial charge >= 0.3 is 0 Å². The van der Waals surface area contributed by atoms with Gasteiger partial charge in [-0.25, -0.2) is 0 Å². The third-order valence-corrected chi connectivity index (χ3v) is 9.28. The van der Waals surface area contributed by atoms with Crippen molar-refractivity contribution < 1.29 is 18.6 Å². The molecule has 3 aromatic carbocycles. The van der Waals surface area contributed by atoms with Crippen LogP contribution in [0.25, 0.3) is 21.6 Å². The van der Waals surface area contributed by atoms with Gasteiger partial charge in [-0.1, -0.05) is 29.7 Å². The monoisotopic (exact) mass is 537 g/mol. The Balaban J connectivity index is 1.25. The van der Waals surface area contributed by atoms with Crippen LogP contribution in [0.5, 0.6) is 11.5 Å². The van der Waals surface area contributed by atoms with E-state index in [1.807, 2.05) is 24.3 Å². The smallest absolute Gasteiger partial charge is 0.258 e. The summed E-state index contributed by atoms with van der Waals surface area (Å²) in [6.07, 6.45) is 1.35. The van der Waals surface area contributed by atoms with Crippen molar-refractivity contribution >= 4 is 22.1 Å². The fourth-order valence-corrected chi connectivity index (χ4v) is 6.94. The number of hydrogen-bond acceptors (Lipinski definition) is 6. The fraction of sp³-hybridized carbons (Fsp3) is 0.276. The van der Waals surface area contributed by atoms with E-state index in [-0.39, 0.29) is 11.7 Å². The van der Waals surface area contributed by atoms with Gasteiger partial charge in [0.15, 0.2) is 0 Å². The third-order valence-electron chi connectivity index (χ3n) is 6.63. The Kier molecular flexibility index (Phi) is 7.44. The molecule has 1 aromatic heterocycles. The Labute approximate surface area is 222 Å². The van der Waals surface area contributed by atoms with E-state index in [1.54, 1.807) is 6.07 Å². The first-order valence-corrected chi connectivity index (χ1v) is 15.0. The lowest BCUT2D eigenvalue weighted by Gasteiger charge is -2.39. The van der Waals surface area contributed by atoms with E-state index in [2.05, 4.69) is 54.6 Å². The van der Waals surface area contributed by atoms with Gasteiger partial charge in [0.25, 0.3) is 5.56 Å². The molecule has 1 aliphatic heterocycles. The van der Waals surface area contributed by atoms with Crippen LogP contribution in [-0.2, 0) is 6.61 Å². The zero-order valence-corrected chi connectivity index (χ0v) is 22.5. The van der Waals surface area contributed by atoms with Gasteiger partial charge in [0.1, 0.15) is 24.2 Å². The Bertz CT molecular complexity index is 1410. The molecule has 8 heteroatoms. The summed E-state index contributed by atoms with van der Waals surface area (Å²) in [4.78, 5) is 12.3. The average Bonchev–Trinajstić information content (AvgIpc) is 3.30. The molecule has 0 radical (unpaired) electrons. The molecule has 37 heavy (non-hydrogen) atoms. The molecule has 0 aliphatic carbocycles. The molecule has 0 atom stereocenters. The number of H-pyrrole nitrogens is 1. The summed E-state index contributed by atoms with van der Waals surface area (Å²) in [6, 6.07) is 21.9. The summed E-state index contributed by atoms with van der Waals surface area (Å²) in [7, 11) is -2.41. The Morgan fingerprint density at radius 3 is 2.27 bits per heavy atom. The van der Waals surface area contributed by atoms with E-state index in [0.717, 1.165) is 44.2 Å². The maximum atomic E-state index is 11.4. The molecule has 194 valence electrons. The van der Waals surface area contributed by atoms with E-state index in [1.165, 1.54) is 17.1 Å². The van der Waals surface area contributed by atoms with Crippen LogP contribution in [0, 0.1) is 13.8 Å². The van der Waals surface area contributed by atoms with Crippen molar-refractivity contribution in [2.75, 3.05) is 11.5 Å². The maximum Gasteiger partial charge on any atom is 0.258 e. The first-order chi connectivity index (χ1) is 17.8. The number of aromatic amines is 1. The van der Waals surface area contributed by atoms with Crippen molar-refractivity contribution in [3.05, 3.63) is 93.8 Å². The van der Waals surface area contributed by atoms with Gasteiger partial charge in [0.2, 0.25) is 0 Å². The van der Waals surface area contributed by atoms with Crippen molar-refractivity contribution in [1.29, 1.82) is 0 Å². The largest absolute Gasteiger partial charge is 0.490 e. The summed E-state index contributed by atoms with van der Waals surface area (Å²) >= 11 is 1.33. The zero-order valence-electron chi connectivity index (χ0n) is 20.9. The van der Waals surface area contributed by atoms with Gasteiger partial charge in [-0.2, -0.15) is 10.6 Å². The molecule has 0 bridgehead atoms. The standard InChI is InChI=1S/C29H31NO5S2/c1-19-14-26(35-25-10-12-37(32,33)13-11-25)15-20(2)29(19)23-5-3-4-21(16-23)18-34-24-8-6-22(7-9-24)27-17-28(31)30-36-27/h3-9,14-17,25,32-33H,10-13,18H2,1-2H3,(H,30,31). The Morgan fingerprint density at radius 1 is 0.919 bits per heavy atom. The maximum absolute atomic E-state index is 11.4. The van der Waals surface area contributed by atoms with Crippen LogP contribution in [0.3, 0.4) is 0 Å². The molecule has 0 spiro atoms. The number of nitrogens with one attached hydrogen (secondary N) is 1. The van der Waals surface area contributed by atoms with Gasteiger partial charge in [-0.3, -0.25) is 18.3 Å². The number of aromatic nitrogens is 1. The van der Waals surface area contributed by atoms with Gasteiger partial charge in [0.05, 0.1) is 4.88 Å². The number of hydrogen-bond donors (Lipinski definition) is 3. The number of aryl methyl sites for hydroxylation is 2. The van der Waals surface area contributed by atoms with E-state index in [4.69, 9.17) is 9.47 Å². The molecule has 0 amide bonds. The first-order valence-electron chi connectivity index (χ1n) is 12.3. The van der Waals surface area contributed by atoms with Crippen molar-refractivity contribution in [3.8, 4) is 33.1 Å². The molecule has 0 saturated carbocycles. The topological polar surface area (TPSA) is 91.8 Å². The SMILES string of the molecule is Cc1cc(OC2CCS(O)(O)CC2)cc(C)c1-c1cccc(COc2ccc(-c3cc(=O)[nH]s3)cc2)c1. The molecule has 2 heterocycles. The minimum atomic E-state index is -2.41. The normalized spacial score (nSPS) is 16.3. The molecule has 1 fully saturated rings. The van der Waals surface area contributed by atoms with Crippen molar-refractivity contribution in [1.82, 2.24) is 4.37 Å². The summed E-state index contributed by atoms with van der Waals surface area (Å²) in [5.41, 5.74) is 6.56. The molecule has 3 N–H and O–H groups in total. The lowest BCUT2D eigenvalue weighted by atomic mass is 9.94. The van der Waals surface area contributed by atoms with Crippen LogP contribution in [0.4, 0.5) is 0 Å². The quantitative estimate of drug-likeness (QED) is 0.231. The van der Waals surface area contributed by atoms with Gasteiger partial charge in [0, 0.05) is 30.4 Å². The minimum Gasteiger partial charge on any atom is -0.490 e. The van der Waals surface area contributed by atoms with E-state index in [9.17, 15) is 13.9 Å². The molecule has 4 aromatic rings. The highest BCUT2D eigenvalue weighted by Gasteiger charge is 2.25. The van der Waals surface area contributed by atoms with Gasteiger partial charge in [-0.05, 0) is 89.7 Å². The highest BCUT2D eigenvalue weighted by atomic mass is 32.3. The molecular formula is C29H31NO5S2. The predicted octanol–water partition coefficient (Wildman–Crippen LogP) is 7.26. The van der Waals surface area contributed by atoms with E-state index in [0.29, 0.717) is 31.0 Å². The highest BCUT2D eigenvalue weighted by molar-refractivity contribution is 8.24. The molecule has 5 rings (SSSR count). The molecule has 6 nitrogen and oxygen atoms in total. The fourth-order valence-electron chi connectivity index (χ4n) is 4.77. The zero-order chi connectivity index (χ0) is 26.0. The van der Waals surface area contributed by atoms with E-state index < -0.39 is 10.6 Å². The average molecular weight is 538 g/mol. The lowest BCUT2D eigenvalue weighted by Crippen LogP contribution is -2.28. The van der Waals surface area contributed by atoms with Crippen LogP contribution >= 0.6 is 22.1 Å². The highest BCUT2D eigenvalue weighted by Crippen LogP contribution is 2.44. The van der Waals surface area contributed by atoms with Crippen molar-refractivity contribution in [2.24, 2.45) is 0 Å². The molecule has 0 unspecified atom stereocenters. The second kappa shape index (κ2) is 10.8. The molecule has 1 aliphatic rings. The van der Waals surface area contributed by atoms with Gasteiger partial charge < -0.3 is 9.47 Å². The van der Waals surface area contributed by atoms with Crippen LogP contribution in [0.2, 0.25) is 0 Å². The second-order valence-corrected chi connectivity index (χ2v) is 12.8. The Morgan fingerprint density at radius 2 is 1.62 bits per heavy atom. The van der Waals surface area contributed by atoms with Crippen LogP contribution in [0.1, 0.15) is 29.5 Å². The van der Waals surface area contributed by atoms with Crippen LogP contribution in [-0.4, -0.2) is 31.1 Å². The lowest BCUT2D eigenvalue weighted by molar-refractivity contribution is 0.186. The van der Waals surface area contributed by atoms with Crippen molar-refractivity contribution in [3.63, 3.8) is 0 Å². The summed E-state index contributed by atoms with van der Waals surface area (Å²) in [6.45, 7) is 4.64. The van der Waals surface area contributed by atoms with Crippen LogP contribution in [0.15, 0.2) is 71.5 Å². The van der Waals surface area contributed by atoms with Gasteiger partial charge in [-0.15, -0.1) is 0 Å². The molecule has 1 saturated heterocycles. The molecular weight excluding hydrogens is 506 g/mol. The third kappa shape index (κ3) is 6.27. The number of ether oxygens (including phenoxy) is 2. The minimum absolute atomic E-state index is 0.0203. The predicted molar refractivity (Wildman–Crippen MR) is 152 cm³/mol. The Hall–Kier alpha value is -3.04. The second-order valence-electron chi connectivity index (χ2n) is 9.55. The number of benzene rings is 3. The summed E-state index contributed by atoms with van der Waals surface area (Å²) in [5, 5.41) is 0. The summed E-state index contributed by atoms with van der Waals surface area (Å²) in [5.74, 6) is 2.44. The van der Waals surface area contributed by atoms with E-state index >= 15 is 0 Å². The van der Waals surface area contributed by atoms with Crippen molar-refractivity contribution in [2.45, 2.75) is 39.4 Å². The van der Waals surface area contributed by atoms with Crippen LogP contribution < -0.4 is 15.0 Å². The first kappa shape index (κ1) is 25.6. The summed E-state index contributed by atoms with van der Waals surface area (Å²) < 4.78 is 34.7.